The first kappa shape index (κ1) is 15.9. The number of ether oxygens (including phenoxy) is 1. The summed E-state index contributed by atoms with van der Waals surface area (Å²) in [5, 5.41) is 13.2. The molecule has 0 aliphatic heterocycles. The summed E-state index contributed by atoms with van der Waals surface area (Å²) in [5.41, 5.74) is 0.567. The fourth-order valence-electron chi connectivity index (χ4n) is 1.85. The Labute approximate surface area is 129 Å². The number of halogens is 1. The zero-order valence-corrected chi connectivity index (χ0v) is 12.6. The molecule has 6 nitrogen and oxygen atoms in total. The number of nitrogens with one attached hydrogen (secondary N) is 1. The molecule has 2 rings (SSSR count). The summed E-state index contributed by atoms with van der Waals surface area (Å²) in [4.78, 5) is 22.3. The molecular formula is C14H13FN2O4S. The topological polar surface area (TPSA) is 81.5 Å². The first-order chi connectivity index (χ1) is 10.4. The van der Waals surface area contributed by atoms with Crippen LogP contribution in [-0.4, -0.2) is 17.9 Å². The lowest BCUT2D eigenvalue weighted by Crippen LogP contribution is -2.25. The molecule has 1 atom stereocenters. The van der Waals surface area contributed by atoms with Gasteiger partial charge in [0.25, 0.3) is 5.91 Å². The molecule has 1 aromatic heterocycles. The minimum Gasteiger partial charge on any atom is -0.494 e. The van der Waals surface area contributed by atoms with Crippen molar-refractivity contribution in [2.45, 2.75) is 13.0 Å². The van der Waals surface area contributed by atoms with Gasteiger partial charge in [0, 0.05) is 6.07 Å². The average molecular weight is 324 g/mol. The SMILES string of the molecule is COc1ccc(C(C)NC(=O)c2ccc([N+](=O)[O-])s2)cc1F. The number of benzene rings is 1. The van der Waals surface area contributed by atoms with Gasteiger partial charge in [0.05, 0.1) is 23.0 Å². The normalized spacial score (nSPS) is 11.8. The molecule has 0 spiro atoms. The molecule has 1 aromatic carbocycles. The summed E-state index contributed by atoms with van der Waals surface area (Å²) >= 11 is 0.790. The molecule has 22 heavy (non-hydrogen) atoms. The van der Waals surface area contributed by atoms with Crippen molar-refractivity contribution in [2.75, 3.05) is 7.11 Å². The van der Waals surface area contributed by atoms with Crippen LogP contribution in [0.1, 0.15) is 28.2 Å². The largest absolute Gasteiger partial charge is 0.494 e. The number of methoxy groups -OCH3 is 1. The third-order valence-electron chi connectivity index (χ3n) is 3.02. The summed E-state index contributed by atoms with van der Waals surface area (Å²) in [6.07, 6.45) is 0. The molecule has 8 heteroatoms. The van der Waals surface area contributed by atoms with Crippen molar-refractivity contribution >= 4 is 22.2 Å². The van der Waals surface area contributed by atoms with Crippen molar-refractivity contribution in [1.29, 1.82) is 0 Å². The van der Waals surface area contributed by atoms with E-state index < -0.39 is 22.7 Å². The third kappa shape index (κ3) is 3.40. The molecule has 2 aromatic rings. The van der Waals surface area contributed by atoms with Gasteiger partial charge in [-0.15, -0.1) is 0 Å². The maximum Gasteiger partial charge on any atom is 0.324 e. The van der Waals surface area contributed by atoms with Gasteiger partial charge in [-0.3, -0.25) is 14.9 Å². The number of nitro groups is 1. The van der Waals surface area contributed by atoms with Crippen molar-refractivity contribution in [3.05, 3.63) is 56.7 Å². The molecule has 1 N–H and O–H groups in total. The molecule has 0 aliphatic carbocycles. The number of amides is 1. The van der Waals surface area contributed by atoms with Crippen LogP contribution in [0.3, 0.4) is 0 Å². The number of thiophene rings is 1. The van der Waals surface area contributed by atoms with E-state index in [-0.39, 0.29) is 15.6 Å². The van der Waals surface area contributed by atoms with Crippen molar-refractivity contribution in [1.82, 2.24) is 5.32 Å². The highest BCUT2D eigenvalue weighted by atomic mass is 32.1. The molecule has 0 saturated carbocycles. The molecule has 0 bridgehead atoms. The van der Waals surface area contributed by atoms with E-state index in [0.717, 1.165) is 11.3 Å². The van der Waals surface area contributed by atoms with Gasteiger partial charge in [-0.1, -0.05) is 17.4 Å². The maximum absolute atomic E-state index is 13.7. The van der Waals surface area contributed by atoms with Gasteiger partial charge in [0.1, 0.15) is 0 Å². The van der Waals surface area contributed by atoms with Crippen LogP contribution >= 0.6 is 11.3 Å². The molecule has 116 valence electrons. The average Bonchev–Trinajstić information content (AvgIpc) is 2.97. The second-order valence-electron chi connectivity index (χ2n) is 4.48. The van der Waals surface area contributed by atoms with Crippen LogP contribution in [0.2, 0.25) is 0 Å². The lowest BCUT2D eigenvalue weighted by atomic mass is 10.1. The zero-order valence-electron chi connectivity index (χ0n) is 11.8. The quantitative estimate of drug-likeness (QED) is 0.676. The Morgan fingerprint density at radius 1 is 1.41 bits per heavy atom. The summed E-state index contributed by atoms with van der Waals surface area (Å²) in [5.74, 6) is -0.842. The van der Waals surface area contributed by atoms with Crippen LogP contribution in [0.15, 0.2) is 30.3 Å². The monoisotopic (exact) mass is 324 g/mol. The number of nitrogens with zero attached hydrogens (tertiary/aromatic N) is 1. The Morgan fingerprint density at radius 2 is 2.14 bits per heavy atom. The highest BCUT2D eigenvalue weighted by Gasteiger charge is 2.18. The van der Waals surface area contributed by atoms with E-state index in [1.807, 2.05) is 0 Å². The first-order valence-corrected chi connectivity index (χ1v) is 7.12. The van der Waals surface area contributed by atoms with Crippen LogP contribution in [0, 0.1) is 15.9 Å². The van der Waals surface area contributed by atoms with Gasteiger partial charge in [0.15, 0.2) is 11.6 Å². The third-order valence-corrected chi connectivity index (χ3v) is 4.05. The Kier molecular flexibility index (Phi) is 4.71. The Hall–Kier alpha value is -2.48. The van der Waals surface area contributed by atoms with Crippen LogP contribution in [0.5, 0.6) is 5.75 Å². The van der Waals surface area contributed by atoms with E-state index in [2.05, 4.69) is 5.32 Å². The van der Waals surface area contributed by atoms with Gasteiger partial charge >= 0.3 is 5.00 Å². The van der Waals surface area contributed by atoms with Gasteiger partial charge in [-0.05, 0) is 30.7 Å². The summed E-state index contributed by atoms with van der Waals surface area (Å²) in [6, 6.07) is 6.61. The predicted molar refractivity (Wildman–Crippen MR) is 79.8 cm³/mol. The van der Waals surface area contributed by atoms with Gasteiger partial charge in [-0.25, -0.2) is 4.39 Å². The number of carbonyl (C=O) groups is 1. The number of rotatable bonds is 5. The standard InChI is InChI=1S/C14H13FN2O4S/c1-8(9-3-4-11(21-2)10(15)7-9)16-14(18)12-5-6-13(22-12)17(19)20/h3-8H,1-2H3,(H,16,18). The van der Waals surface area contributed by atoms with E-state index in [0.29, 0.717) is 5.56 Å². The van der Waals surface area contributed by atoms with Crippen molar-refractivity contribution in [2.24, 2.45) is 0 Å². The van der Waals surface area contributed by atoms with E-state index in [1.165, 1.54) is 31.4 Å². The fourth-order valence-corrected chi connectivity index (χ4v) is 2.57. The number of hydrogen-bond acceptors (Lipinski definition) is 5. The van der Waals surface area contributed by atoms with E-state index in [4.69, 9.17) is 4.74 Å². The molecule has 0 aliphatic rings. The highest BCUT2D eigenvalue weighted by molar-refractivity contribution is 7.17. The minimum absolute atomic E-state index is 0.103. The highest BCUT2D eigenvalue weighted by Crippen LogP contribution is 2.25. The van der Waals surface area contributed by atoms with Gasteiger partial charge < -0.3 is 10.1 Å². The minimum atomic E-state index is -0.552. The van der Waals surface area contributed by atoms with E-state index in [9.17, 15) is 19.3 Å². The number of carbonyl (C=O) groups excluding carboxylic acids is 1. The van der Waals surface area contributed by atoms with Crippen molar-refractivity contribution in [3.63, 3.8) is 0 Å². The summed E-state index contributed by atoms with van der Waals surface area (Å²) < 4.78 is 18.5. The molecule has 1 unspecified atom stereocenters. The molecule has 0 saturated heterocycles. The van der Waals surface area contributed by atoms with Crippen LogP contribution in [-0.2, 0) is 0 Å². The van der Waals surface area contributed by atoms with Crippen LogP contribution in [0.4, 0.5) is 9.39 Å². The summed E-state index contributed by atoms with van der Waals surface area (Å²) in [7, 11) is 1.37. The van der Waals surface area contributed by atoms with Gasteiger partial charge in [0.2, 0.25) is 0 Å². The fraction of sp³-hybridized carbons (Fsp3) is 0.214. The molecule has 0 radical (unpaired) electrons. The van der Waals surface area contributed by atoms with Crippen molar-refractivity contribution in [3.8, 4) is 5.75 Å². The molecule has 1 amide bonds. The second kappa shape index (κ2) is 6.52. The van der Waals surface area contributed by atoms with E-state index in [1.54, 1.807) is 13.0 Å². The Bertz CT molecular complexity index is 717. The lowest BCUT2D eigenvalue weighted by Gasteiger charge is -2.14. The van der Waals surface area contributed by atoms with Crippen molar-refractivity contribution < 1.29 is 18.8 Å². The van der Waals surface area contributed by atoms with Crippen LogP contribution in [0.25, 0.3) is 0 Å². The molecule has 1 heterocycles. The first-order valence-electron chi connectivity index (χ1n) is 6.31. The lowest BCUT2D eigenvalue weighted by molar-refractivity contribution is -0.380. The van der Waals surface area contributed by atoms with E-state index >= 15 is 0 Å². The van der Waals surface area contributed by atoms with Crippen LogP contribution < -0.4 is 10.1 Å². The Balaban J connectivity index is 2.10. The molecule has 0 fully saturated rings. The smallest absolute Gasteiger partial charge is 0.324 e. The van der Waals surface area contributed by atoms with Gasteiger partial charge in [-0.2, -0.15) is 0 Å². The zero-order chi connectivity index (χ0) is 16.3. The number of hydrogen-bond donors (Lipinski definition) is 1. The predicted octanol–water partition coefficient (Wildman–Crippen LogP) is 3.30. The second-order valence-corrected chi connectivity index (χ2v) is 5.55. The summed E-state index contributed by atoms with van der Waals surface area (Å²) in [6.45, 7) is 1.70. The molecular weight excluding hydrogens is 311 g/mol. The Morgan fingerprint density at radius 3 is 2.68 bits per heavy atom. The maximum atomic E-state index is 13.7.